The first-order chi connectivity index (χ1) is 9.78. The van der Waals surface area contributed by atoms with E-state index >= 15 is 0 Å². The Morgan fingerprint density at radius 1 is 1.30 bits per heavy atom. The second-order valence-electron chi connectivity index (χ2n) is 4.87. The van der Waals surface area contributed by atoms with E-state index < -0.39 is 6.10 Å². The molecule has 1 atom stereocenters. The van der Waals surface area contributed by atoms with Crippen LogP contribution < -0.4 is 4.74 Å². The van der Waals surface area contributed by atoms with Crippen molar-refractivity contribution in [3.05, 3.63) is 29.8 Å². The van der Waals surface area contributed by atoms with Crippen molar-refractivity contribution in [2.24, 2.45) is 0 Å². The first kappa shape index (κ1) is 15.2. The monoisotopic (exact) mass is 292 g/mol. The van der Waals surface area contributed by atoms with E-state index in [0.29, 0.717) is 17.9 Å². The molecule has 1 N–H and O–H groups in total. The van der Waals surface area contributed by atoms with Crippen LogP contribution in [0.1, 0.15) is 12.0 Å². The molecule has 1 aromatic carbocycles. The zero-order valence-electron chi connectivity index (χ0n) is 11.5. The number of β-amino-alcohol motifs (C(OH)–C–C–N with tert-alkyl or cyclic N) is 1. The Balaban J connectivity index is 1.73. The van der Waals surface area contributed by atoms with Crippen LogP contribution in [0.3, 0.4) is 0 Å². The molecule has 0 saturated carbocycles. The van der Waals surface area contributed by atoms with E-state index in [0.717, 1.165) is 18.8 Å². The van der Waals surface area contributed by atoms with Crippen LogP contribution in [0.5, 0.6) is 5.75 Å². The second kappa shape index (κ2) is 8.15. The Bertz CT molecular complexity index is 436. The van der Waals surface area contributed by atoms with Crippen molar-refractivity contribution in [3.63, 3.8) is 0 Å². The highest BCUT2D eigenvalue weighted by atomic mass is 32.2. The Kier molecular flexibility index (Phi) is 6.19. The first-order valence-corrected chi connectivity index (χ1v) is 8.04. The summed E-state index contributed by atoms with van der Waals surface area (Å²) in [5, 5.41) is 18.7. The van der Waals surface area contributed by atoms with Crippen molar-refractivity contribution in [2.75, 3.05) is 37.7 Å². The van der Waals surface area contributed by atoms with Gasteiger partial charge in [0.1, 0.15) is 18.5 Å². The molecule has 1 unspecified atom stereocenters. The van der Waals surface area contributed by atoms with Gasteiger partial charge in [-0.05, 0) is 43.0 Å². The molecule has 5 heteroatoms. The molecule has 108 valence electrons. The maximum absolute atomic E-state index is 10.0. The van der Waals surface area contributed by atoms with Crippen molar-refractivity contribution in [3.8, 4) is 11.8 Å². The summed E-state index contributed by atoms with van der Waals surface area (Å²) < 4.78 is 5.55. The lowest BCUT2D eigenvalue weighted by atomic mass is 10.2. The fourth-order valence-electron chi connectivity index (χ4n) is 2.15. The molecule has 0 radical (unpaired) electrons. The summed E-state index contributed by atoms with van der Waals surface area (Å²) >= 11 is 1.98. The minimum absolute atomic E-state index is 0.287. The van der Waals surface area contributed by atoms with Gasteiger partial charge in [-0.1, -0.05) is 0 Å². The molecule has 1 aliphatic heterocycles. The van der Waals surface area contributed by atoms with Crippen LogP contribution in [-0.4, -0.2) is 53.9 Å². The third-order valence-electron chi connectivity index (χ3n) is 3.21. The van der Waals surface area contributed by atoms with Gasteiger partial charge in [-0.15, -0.1) is 0 Å². The summed E-state index contributed by atoms with van der Waals surface area (Å²) in [6.07, 6.45) is 0.710. The predicted octanol–water partition coefficient (Wildman–Crippen LogP) is 1.74. The lowest BCUT2D eigenvalue weighted by Gasteiger charge is -2.22. The Morgan fingerprint density at radius 2 is 2.10 bits per heavy atom. The number of thioether (sulfide) groups is 1. The third-order valence-corrected chi connectivity index (χ3v) is 4.26. The lowest BCUT2D eigenvalue weighted by molar-refractivity contribution is 0.0708. The summed E-state index contributed by atoms with van der Waals surface area (Å²) in [5.74, 6) is 3.05. The van der Waals surface area contributed by atoms with Crippen LogP contribution in [0.4, 0.5) is 0 Å². The van der Waals surface area contributed by atoms with E-state index in [1.165, 1.54) is 12.2 Å². The zero-order valence-corrected chi connectivity index (χ0v) is 12.3. The molecule has 1 heterocycles. The molecule has 0 spiro atoms. The van der Waals surface area contributed by atoms with Gasteiger partial charge in [0.15, 0.2) is 0 Å². The van der Waals surface area contributed by atoms with E-state index in [1.807, 2.05) is 11.8 Å². The normalized spacial score (nSPS) is 18.0. The molecule has 0 amide bonds. The number of ether oxygens (including phenoxy) is 1. The summed E-state index contributed by atoms with van der Waals surface area (Å²) in [4.78, 5) is 2.30. The number of benzene rings is 1. The van der Waals surface area contributed by atoms with Crippen molar-refractivity contribution in [1.29, 1.82) is 5.26 Å². The molecule has 1 saturated heterocycles. The van der Waals surface area contributed by atoms with Gasteiger partial charge in [0.2, 0.25) is 0 Å². The fourth-order valence-corrected chi connectivity index (χ4v) is 3.07. The molecule has 20 heavy (non-hydrogen) atoms. The summed E-state index contributed by atoms with van der Waals surface area (Å²) in [6.45, 7) is 3.05. The van der Waals surface area contributed by atoms with E-state index in [9.17, 15) is 5.11 Å². The minimum Gasteiger partial charge on any atom is -0.491 e. The van der Waals surface area contributed by atoms with E-state index in [1.54, 1.807) is 24.3 Å². The molecule has 1 aliphatic rings. The largest absolute Gasteiger partial charge is 0.491 e. The zero-order chi connectivity index (χ0) is 14.2. The predicted molar refractivity (Wildman–Crippen MR) is 81.0 cm³/mol. The van der Waals surface area contributed by atoms with Gasteiger partial charge in [0.25, 0.3) is 0 Å². The topological polar surface area (TPSA) is 56.5 Å². The van der Waals surface area contributed by atoms with Gasteiger partial charge < -0.3 is 9.84 Å². The number of nitrogens with zero attached hydrogens (tertiary/aromatic N) is 2. The van der Waals surface area contributed by atoms with Crippen molar-refractivity contribution in [2.45, 2.75) is 12.5 Å². The molecule has 4 nitrogen and oxygen atoms in total. The molecule has 0 aliphatic carbocycles. The van der Waals surface area contributed by atoms with Crippen LogP contribution in [0.2, 0.25) is 0 Å². The first-order valence-electron chi connectivity index (χ1n) is 6.89. The fraction of sp³-hybridized carbons (Fsp3) is 0.533. The number of rotatable bonds is 5. The number of aliphatic hydroxyl groups excluding tert-OH is 1. The van der Waals surface area contributed by atoms with Crippen LogP contribution in [0, 0.1) is 11.3 Å². The van der Waals surface area contributed by atoms with Crippen molar-refractivity contribution < 1.29 is 9.84 Å². The highest BCUT2D eigenvalue weighted by Gasteiger charge is 2.14. The second-order valence-corrected chi connectivity index (χ2v) is 6.09. The Morgan fingerprint density at radius 3 is 2.85 bits per heavy atom. The third kappa shape index (κ3) is 5.04. The van der Waals surface area contributed by atoms with Gasteiger partial charge in [-0.3, -0.25) is 4.90 Å². The molecule has 2 rings (SSSR count). The number of hydrogen-bond donors (Lipinski definition) is 1. The molecule has 0 bridgehead atoms. The lowest BCUT2D eigenvalue weighted by Crippen LogP contribution is -2.36. The molecular formula is C15H20N2O2S. The SMILES string of the molecule is N#Cc1ccc(OCC(O)CN2CCCSCC2)cc1. The molecule has 1 fully saturated rings. The highest BCUT2D eigenvalue weighted by molar-refractivity contribution is 7.99. The smallest absolute Gasteiger partial charge is 0.119 e. The van der Waals surface area contributed by atoms with E-state index in [4.69, 9.17) is 10.00 Å². The van der Waals surface area contributed by atoms with Crippen LogP contribution in [0.15, 0.2) is 24.3 Å². The average Bonchev–Trinajstić information content (AvgIpc) is 2.74. The average molecular weight is 292 g/mol. The molecular weight excluding hydrogens is 272 g/mol. The maximum Gasteiger partial charge on any atom is 0.119 e. The Hall–Kier alpha value is -1.22. The van der Waals surface area contributed by atoms with Crippen molar-refractivity contribution in [1.82, 2.24) is 4.90 Å². The maximum atomic E-state index is 10.0. The van der Waals surface area contributed by atoms with Gasteiger partial charge in [-0.2, -0.15) is 17.0 Å². The number of hydrogen-bond acceptors (Lipinski definition) is 5. The summed E-state index contributed by atoms with van der Waals surface area (Å²) in [7, 11) is 0. The van der Waals surface area contributed by atoms with E-state index in [-0.39, 0.29) is 6.61 Å². The number of aliphatic hydroxyl groups is 1. The number of nitriles is 1. The Labute approximate surface area is 124 Å². The highest BCUT2D eigenvalue weighted by Crippen LogP contribution is 2.13. The van der Waals surface area contributed by atoms with Crippen LogP contribution >= 0.6 is 11.8 Å². The van der Waals surface area contributed by atoms with Gasteiger partial charge in [0.05, 0.1) is 11.6 Å². The van der Waals surface area contributed by atoms with Crippen molar-refractivity contribution >= 4 is 11.8 Å². The minimum atomic E-state index is -0.478. The van der Waals surface area contributed by atoms with E-state index in [2.05, 4.69) is 11.0 Å². The van der Waals surface area contributed by atoms with Crippen LogP contribution in [-0.2, 0) is 0 Å². The molecule has 0 aromatic heterocycles. The quantitative estimate of drug-likeness (QED) is 0.896. The standard InChI is InChI=1S/C15H20N2O2S/c16-10-13-2-4-15(5-3-13)19-12-14(18)11-17-6-1-8-20-9-7-17/h2-5,14,18H,1,6-9,11-12H2. The van der Waals surface area contributed by atoms with Gasteiger partial charge in [-0.25, -0.2) is 0 Å². The summed E-state index contributed by atoms with van der Waals surface area (Å²) in [6, 6.07) is 9.01. The van der Waals surface area contributed by atoms with Gasteiger partial charge >= 0.3 is 0 Å². The van der Waals surface area contributed by atoms with Crippen LogP contribution in [0.25, 0.3) is 0 Å². The summed E-state index contributed by atoms with van der Waals surface area (Å²) in [5.41, 5.74) is 0.611. The molecule has 1 aromatic rings. The van der Waals surface area contributed by atoms with Gasteiger partial charge in [0, 0.05) is 18.8 Å².